The molecule has 6 heteroatoms. The number of rotatable bonds is 3. The molecule has 0 aliphatic carbocycles. The number of aromatic nitrogens is 2. The Kier molecular flexibility index (Phi) is 3.62. The third-order valence-corrected chi connectivity index (χ3v) is 3.96. The number of hydrogen-bond donors (Lipinski definition) is 2. The Morgan fingerprint density at radius 2 is 2.00 bits per heavy atom. The predicted octanol–water partition coefficient (Wildman–Crippen LogP) is 2.35. The van der Waals surface area contributed by atoms with Gasteiger partial charge in [-0.2, -0.15) is 12.6 Å². The van der Waals surface area contributed by atoms with Gasteiger partial charge in [0, 0.05) is 5.75 Å². The first-order valence-electron chi connectivity index (χ1n) is 6.01. The van der Waals surface area contributed by atoms with Crippen molar-refractivity contribution in [2.45, 2.75) is 38.9 Å². The van der Waals surface area contributed by atoms with Crippen LogP contribution in [0.5, 0.6) is 0 Å². The fourth-order valence-electron chi connectivity index (χ4n) is 1.73. The van der Waals surface area contributed by atoms with E-state index in [4.69, 9.17) is 9.31 Å². The van der Waals surface area contributed by atoms with Crippen LogP contribution in [0.1, 0.15) is 33.4 Å². The van der Waals surface area contributed by atoms with Crippen molar-refractivity contribution in [3.05, 3.63) is 23.7 Å². The molecule has 0 bridgehead atoms. The molecule has 0 radical (unpaired) electrons. The summed E-state index contributed by atoms with van der Waals surface area (Å²) in [5.41, 5.74) is 1.26. The van der Waals surface area contributed by atoms with Gasteiger partial charge in [0.2, 0.25) is 0 Å². The highest BCUT2D eigenvalue weighted by Gasteiger charge is 2.52. The number of nitrogens with zero attached hydrogens (tertiary/aromatic N) is 1. The summed E-state index contributed by atoms with van der Waals surface area (Å²) in [5, 5.41) is 0. The van der Waals surface area contributed by atoms with Gasteiger partial charge in [0.05, 0.1) is 29.4 Å². The number of aromatic amines is 1. The van der Waals surface area contributed by atoms with Gasteiger partial charge in [-0.25, -0.2) is 4.98 Å². The third kappa shape index (κ3) is 2.51. The minimum atomic E-state index is -0.351. The van der Waals surface area contributed by atoms with E-state index in [1.165, 1.54) is 0 Å². The standard InChI is InChI=1S/C12H19BN2O2S/c1-11(2)12(3,4)17-13(16-11)9(7-18)5-10-6-14-8-15-10/h5-6,8,18H,7H2,1-4H3,(H,14,15). The maximum Gasteiger partial charge on any atom is 0.491 e. The highest BCUT2D eigenvalue weighted by atomic mass is 32.1. The maximum absolute atomic E-state index is 5.99. The Balaban J connectivity index is 2.22. The quantitative estimate of drug-likeness (QED) is 0.652. The number of hydrogen-bond acceptors (Lipinski definition) is 4. The molecule has 1 aromatic heterocycles. The molecule has 98 valence electrons. The van der Waals surface area contributed by atoms with E-state index in [-0.39, 0.29) is 18.3 Å². The van der Waals surface area contributed by atoms with Gasteiger partial charge in [-0.1, -0.05) is 0 Å². The van der Waals surface area contributed by atoms with Gasteiger partial charge in [-0.3, -0.25) is 0 Å². The fourth-order valence-corrected chi connectivity index (χ4v) is 1.97. The van der Waals surface area contributed by atoms with E-state index in [9.17, 15) is 0 Å². The molecule has 1 saturated heterocycles. The molecule has 0 atom stereocenters. The van der Waals surface area contributed by atoms with Crippen molar-refractivity contribution < 1.29 is 9.31 Å². The van der Waals surface area contributed by atoms with Crippen molar-refractivity contribution in [3.8, 4) is 0 Å². The molecule has 0 spiro atoms. The van der Waals surface area contributed by atoms with Crippen molar-refractivity contribution in [3.63, 3.8) is 0 Å². The lowest BCUT2D eigenvalue weighted by atomic mass is 9.79. The van der Waals surface area contributed by atoms with E-state index < -0.39 is 0 Å². The first-order valence-corrected chi connectivity index (χ1v) is 6.64. The smallest absolute Gasteiger partial charge is 0.400 e. The molecular weight excluding hydrogens is 247 g/mol. The van der Waals surface area contributed by atoms with Gasteiger partial charge in [0.25, 0.3) is 0 Å². The molecule has 1 fully saturated rings. The van der Waals surface area contributed by atoms with Crippen molar-refractivity contribution in [2.24, 2.45) is 0 Å². The Morgan fingerprint density at radius 3 is 2.44 bits per heavy atom. The van der Waals surface area contributed by atoms with Crippen LogP contribution in [0.4, 0.5) is 0 Å². The molecule has 0 aromatic carbocycles. The van der Waals surface area contributed by atoms with E-state index >= 15 is 0 Å². The SMILES string of the molecule is CC1(C)OB(C(=Cc2cnc[nH]2)CS)OC1(C)C. The van der Waals surface area contributed by atoms with E-state index in [1.54, 1.807) is 12.5 Å². The molecular formula is C12H19BN2O2S. The molecule has 0 amide bonds. The van der Waals surface area contributed by atoms with Crippen LogP contribution in [-0.2, 0) is 9.31 Å². The average molecular weight is 266 g/mol. The lowest BCUT2D eigenvalue weighted by Crippen LogP contribution is -2.41. The molecule has 1 aliphatic rings. The van der Waals surface area contributed by atoms with Crippen LogP contribution in [0.3, 0.4) is 0 Å². The van der Waals surface area contributed by atoms with Crippen molar-refractivity contribution in [2.75, 3.05) is 5.75 Å². The van der Waals surface area contributed by atoms with Crippen molar-refractivity contribution >= 4 is 25.8 Å². The highest BCUT2D eigenvalue weighted by Crippen LogP contribution is 2.38. The molecule has 1 aromatic rings. The van der Waals surface area contributed by atoms with Crippen LogP contribution in [0, 0.1) is 0 Å². The second-order valence-corrected chi connectivity index (χ2v) is 5.79. The Labute approximate surface area is 114 Å². The monoisotopic (exact) mass is 266 g/mol. The number of thiol groups is 1. The fraction of sp³-hybridized carbons (Fsp3) is 0.583. The molecule has 2 heterocycles. The molecule has 2 rings (SSSR count). The molecule has 0 unspecified atom stereocenters. The Hall–Kier alpha value is -0.715. The Morgan fingerprint density at radius 1 is 1.39 bits per heavy atom. The average Bonchev–Trinajstić information content (AvgIpc) is 2.82. The van der Waals surface area contributed by atoms with Crippen LogP contribution in [0.15, 0.2) is 18.0 Å². The van der Waals surface area contributed by atoms with Gasteiger partial charge in [-0.05, 0) is 39.2 Å². The van der Waals surface area contributed by atoms with Crippen LogP contribution in [0.25, 0.3) is 6.08 Å². The van der Waals surface area contributed by atoms with Crippen LogP contribution < -0.4 is 0 Å². The zero-order valence-electron chi connectivity index (χ0n) is 11.2. The summed E-state index contributed by atoms with van der Waals surface area (Å²) in [6.45, 7) is 8.16. The number of imidazole rings is 1. The van der Waals surface area contributed by atoms with E-state index in [2.05, 4.69) is 22.6 Å². The summed E-state index contributed by atoms with van der Waals surface area (Å²) in [4.78, 5) is 7.02. The molecule has 0 saturated carbocycles. The van der Waals surface area contributed by atoms with Crippen molar-refractivity contribution in [1.29, 1.82) is 0 Å². The zero-order chi connectivity index (χ0) is 13.4. The lowest BCUT2D eigenvalue weighted by Gasteiger charge is -2.32. The molecule has 1 aliphatic heterocycles. The van der Waals surface area contributed by atoms with Crippen LogP contribution >= 0.6 is 12.6 Å². The highest BCUT2D eigenvalue weighted by molar-refractivity contribution is 7.80. The van der Waals surface area contributed by atoms with Gasteiger partial charge in [0.15, 0.2) is 0 Å². The zero-order valence-corrected chi connectivity index (χ0v) is 12.1. The predicted molar refractivity (Wildman–Crippen MR) is 76.5 cm³/mol. The maximum atomic E-state index is 5.99. The second-order valence-electron chi connectivity index (χ2n) is 5.47. The minimum Gasteiger partial charge on any atom is -0.400 e. The number of nitrogens with one attached hydrogen (secondary N) is 1. The largest absolute Gasteiger partial charge is 0.491 e. The van der Waals surface area contributed by atoms with Crippen LogP contribution in [-0.4, -0.2) is 34.0 Å². The van der Waals surface area contributed by atoms with Crippen molar-refractivity contribution in [1.82, 2.24) is 9.97 Å². The van der Waals surface area contributed by atoms with Gasteiger partial charge in [0.1, 0.15) is 0 Å². The van der Waals surface area contributed by atoms with E-state index in [0.29, 0.717) is 5.75 Å². The summed E-state index contributed by atoms with van der Waals surface area (Å²) in [5.74, 6) is 0.579. The topological polar surface area (TPSA) is 47.1 Å². The third-order valence-electron chi connectivity index (χ3n) is 3.60. The first kappa shape index (κ1) is 13.7. The van der Waals surface area contributed by atoms with Gasteiger partial charge < -0.3 is 14.3 Å². The van der Waals surface area contributed by atoms with Crippen LogP contribution in [0.2, 0.25) is 0 Å². The summed E-state index contributed by atoms with van der Waals surface area (Å²) in [6, 6.07) is 0. The number of H-pyrrole nitrogens is 1. The molecule has 1 N–H and O–H groups in total. The lowest BCUT2D eigenvalue weighted by molar-refractivity contribution is 0.00578. The van der Waals surface area contributed by atoms with E-state index in [1.807, 2.05) is 33.8 Å². The van der Waals surface area contributed by atoms with E-state index in [0.717, 1.165) is 11.2 Å². The Bertz CT molecular complexity index is 427. The normalized spacial score (nSPS) is 22.5. The summed E-state index contributed by atoms with van der Waals surface area (Å²) >= 11 is 4.35. The van der Waals surface area contributed by atoms with Gasteiger partial charge in [-0.15, -0.1) is 0 Å². The first-order chi connectivity index (χ1) is 8.36. The summed E-state index contributed by atoms with van der Waals surface area (Å²) in [6.07, 6.45) is 5.38. The molecule has 18 heavy (non-hydrogen) atoms. The minimum absolute atomic E-state index is 0.326. The second kappa shape index (κ2) is 4.76. The summed E-state index contributed by atoms with van der Waals surface area (Å²) in [7, 11) is -0.351. The summed E-state index contributed by atoms with van der Waals surface area (Å²) < 4.78 is 12.0. The van der Waals surface area contributed by atoms with Gasteiger partial charge >= 0.3 is 7.12 Å². The molecule has 4 nitrogen and oxygen atoms in total.